The molecule has 0 aromatic carbocycles. The molecule has 0 N–H and O–H groups in total. The van der Waals surface area contributed by atoms with Crippen molar-refractivity contribution in [2.24, 2.45) is 52.3 Å². The smallest absolute Gasteiger partial charge is 0.306 e. The van der Waals surface area contributed by atoms with Crippen LogP contribution in [0.1, 0.15) is 112 Å². The highest BCUT2D eigenvalue weighted by molar-refractivity contribution is 14.1. The molecule has 0 heterocycles. The van der Waals surface area contributed by atoms with E-state index >= 15 is 0 Å². The molecule has 0 bridgehead atoms. The fraction of sp³-hybridized carbons (Fsp3) is 0.848. The Labute approximate surface area is 236 Å². The average Bonchev–Trinajstić information content (AvgIpc) is 3.20. The minimum absolute atomic E-state index is 0.0156. The van der Waals surface area contributed by atoms with E-state index in [4.69, 9.17) is 4.74 Å². The number of carbonyl (C=O) groups excluding carboxylic acids is 1. The van der Waals surface area contributed by atoms with Crippen LogP contribution >= 0.6 is 22.6 Å². The lowest BCUT2D eigenvalue weighted by molar-refractivity contribution is -0.151. The van der Waals surface area contributed by atoms with Crippen molar-refractivity contribution in [3.8, 4) is 0 Å². The lowest BCUT2D eigenvalue weighted by Crippen LogP contribution is -2.51. The molecule has 0 aliphatic heterocycles. The van der Waals surface area contributed by atoms with Crippen molar-refractivity contribution in [2.45, 2.75) is 118 Å². The molecule has 9 atom stereocenters. The maximum Gasteiger partial charge on any atom is 0.306 e. The monoisotopic (exact) mass is 608 g/mol. The molecule has 0 aromatic rings. The Morgan fingerprint density at radius 1 is 1.11 bits per heavy atom. The summed E-state index contributed by atoms with van der Waals surface area (Å²) in [6.45, 7) is 14.8. The van der Waals surface area contributed by atoms with Crippen LogP contribution in [-0.4, -0.2) is 16.5 Å². The van der Waals surface area contributed by atoms with E-state index in [1.165, 1.54) is 44.9 Å². The molecule has 0 unspecified atom stereocenters. The van der Waals surface area contributed by atoms with Crippen LogP contribution in [0.5, 0.6) is 0 Å². The topological polar surface area (TPSA) is 26.3 Å². The Morgan fingerprint density at radius 3 is 2.58 bits per heavy atom. The summed E-state index contributed by atoms with van der Waals surface area (Å²) in [7, 11) is 0. The number of rotatable bonds is 9. The van der Waals surface area contributed by atoms with Crippen molar-refractivity contribution >= 4 is 28.6 Å². The average molecular weight is 609 g/mol. The molecule has 3 fully saturated rings. The lowest BCUT2D eigenvalue weighted by atomic mass is 9.47. The first-order valence-corrected chi connectivity index (χ1v) is 16.8. The number of esters is 1. The molecule has 2 nitrogen and oxygen atoms in total. The molecule has 4 rings (SSSR count). The predicted molar refractivity (Wildman–Crippen MR) is 160 cm³/mol. The van der Waals surface area contributed by atoms with Crippen molar-refractivity contribution < 1.29 is 9.53 Å². The number of ether oxygens (including phenoxy) is 1. The van der Waals surface area contributed by atoms with Gasteiger partial charge in [-0.3, -0.25) is 4.79 Å². The highest BCUT2D eigenvalue weighted by atomic mass is 127. The quantitative estimate of drug-likeness (QED) is 0.113. The van der Waals surface area contributed by atoms with E-state index in [1.807, 2.05) is 0 Å². The van der Waals surface area contributed by atoms with Crippen LogP contribution in [0.15, 0.2) is 23.8 Å². The zero-order chi connectivity index (χ0) is 26.1. The van der Waals surface area contributed by atoms with Crippen LogP contribution in [0.4, 0.5) is 0 Å². The van der Waals surface area contributed by atoms with Crippen LogP contribution in [0.25, 0.3) is 0 Å². The summed E-state index contributed by atoms with van der Waals surface area (Å²) in [4.78, 5) is 12.3. The number of allylic oxidation sites excluding steroid dienone is 3. The van der Waals surface area contributed by atoms with Crippen LogP contribution < -0.4 is 0 Å². The minimum Gasteiger partial charge on any atom is -0.462 e. The van der Waals surface area contributed by atoms with Gasteiger partial charge in [-0.15, -0.1) is 0 Å². The Kier molecular flexibility index (Phi) is 9.42. The lowest BCUT2D eigenvalue weighted by Gasteiger charge is -2.58. The third-order valence-electron chi connectivity index (χ3n) is 11.6. The Balaban J connectivity index is 1.44. The number of alkyl halides is 1. The van der Waals surface area contributed by atoms with Crippen LogP contribution in [0.2, 0.25) is 0 Å². The van der Waals surface area contributed by atoms with Crippen LogP contribution in [-0.2, 0) is 9.53 Å². The second-order valence-electron chi connectivity index (χ2n) is 13.7. The van der Waals surface area contributed by atoms with E-state index in [9.17, 15) is 4.79 Å². The van der Waals surface area contributed by atoms with Gasteiger partial charge in [0.2, 0.25) is 0 Å². The zero-order valence-corrected chi connectivity index (χ0v) is 26.2. The predicted octanol–water partition coefficient (Wildman–Crippen LogP) is 9.57. The van der Waals surface area contributed by atoms with Gasteiger partial charge in [0.15, 0.2) is 0 Å². The van der Waals surface area contributed by atoms with Crippen LogP contribution in [0, 0.1) is 52.3 Å². The van der Waals surface area contributed by atoms with Gasteiger partial charge in [-0.25, -0.2) is 0 Å². The Morgan fingerprint density at radius 2 is 1.89 bits per heavy atom. The fourth-order valence-electron chi connectivity index (χ4n) is 9.37. The van der Waals surface area contributed by atoms with Gasteiger partial charge < -0.3 is 4.74 Å². The number of carbonyl (C=O) groups is 1. The highest BCUT2D eigenvalue weighted by Gasteiger charge is 2.59. The van der Waals surface area contributed by atoms with Gasteiger partial charge in [0.25, 0.3) is 0 Å². The van der Waals surface area contributed by atoms with Gasteiger partial charge in [-0.05, 0) is 110 Å². The summed E-state index contributed by atoms with van der Waals surface area (Å²) in [6, 6.07) is 0. The molecule has 3 saturated carbocycles. The maximum atomic E-state index is 12.3. The first kappa shape index (κ1) is 28.7. The number of hydrogen-bond acceptors (Lipinski definition) is 2. The van der Waals surface area contributed by atoms with Crippen molar-refractivity contribution in [1.82, 2.24) is 0 Å². The van der Waals surface area contributed by atoms with Crippen molar-refractivity contribution in [2.75, 3.05) is 4.43 Å². The van der Waals surface area contributed by atoms with Gasteiger partial charge in [0, 0.05) is 17.3 Å². The molecule has 204 valence electrons. The molecule has 3 heteroatoms. The summed E-state index contributed by atoms with van der Waals surface area (Å²) < 4.78 is 6.95. The third-order valence-corrected chi connectivity index (χ3v) is 12.3. The molecule has 0 saturated heterocycles. The van der Waals surface area contributed by atoms with Crippen LogP contribution in [0.3, 0.4) is 0 Å². The molecular weight excluding hydrogens is 555 g/mol. The molecule has 4 aliphatic carbocycles. The summed E-state index contributed by atoms with van der Waals surface area (Å²) in [5, 5.41) is 0. The van der Waals surface area contributed by atoms with Gasteiger partial charge in [-0.2, -0.15) is 0 Å². The number of halogens is 1. The highest BCUT2D eigenvalue weighted by Crippen LogP contribution is 2.67. The van der Waals surface area contributed by atoms with Gasteiger partial charge in [-0.1, -0.05) is 87.9 Å². The molecule has 0 radical (unpaired) electrons. The minimum atomic E-state index is 0.0156. The van der Waals surface area contributed by atoms with E-state index in [-0.39, 0.29) is 12.1 Å². The summed E-state index contributed by atoms with van der Waals surface area (Å²) in [5.41, 5.74) is 2.44. The van der Waals surface area contributed by atoms with Crippen molar-refractivity contribution in [3.63, 3.8) is 0 Å². The zero-order valence-electron chi connectivity index (χ0n) is 24.0. The Bertz CT molecular complexity index is 830. The van der Waals surface area contributed by atoms with Gasteiger partial charge >= 0.3 is 5.97 Å². The fourth-order valence-corrected chi connectivity index (χ4v) is 9.75. The number of fused-ring (bicyclic) bond motifs is 5. The van der Waals surface area contributed by atoms with Crippen molar-refractivity contribution in [3.05, 3.63) is 23.8 Å². The standard InChI is InChI=1S/C33H53IO2/c1-7-24(22(2)3)11-10-23(4)28-14-15-29-27-13-12-25-21-26(36-31(35)9-8-20-34)16-18-32(25,5)30(27)17-19-33(28,29)6/h10-12,22-24,26-30H,7-9,13-21H2,1-6H3/b11-10+/t23-,24-,26+,27+,28-,29+,30+,32+,33-/m1/s1. The second-order valence-corrected chi connectivity index (χ2v) is 14.8. The Hall–Kier alpha value is -0.320. The van der Waals surface area contributed by atoms with E-state index in [0.29, 0.717) is 23.2 Å². The van der Waals surface area contributed by atoms with E-state index in [1.54, 1.807) is 5.57 Å². The molecule has 0 amide bonds. The SMILES string of the molecule is CC[C@H](/C=C/[C@@H](C)[C@H]1CC[C@H]2[C@@H]3CC=C4C[C@@H](OC(=O)CCCI)CC[C@]4(C)[C@H]3CC[C@]12C)C(C)C. The van der Waals surface area contributed by atoms with Gasteiger partial charge in [0.1, 0.15) is 6.10 Å². The molecule has 4 aliphatic rings. The normalized spacial score (nSPS) is 39.8. The molecule has 36 heavy (non-hydrogen) atoms. The second kappa shape index (κ2) is 11.8. The first-order chi connectivity index (χ1) is 17.1. The molecule has 0 spiro atoms. The maximum absolute atomic E-state index is 12.3. The van der Waals surface area contributed by atoms with E-state index in [2.05, 4.69) is 82.4 Å². The largest absolute Gasteiger partial charge is 0.462 e. The summed E-state index contributed by atoms with van der Waals surface area (Å²) in [5.74, 6) is 5.54. The van der Waals surface area contributed by atoms with Gasteiger partial charge in [0.05, 0.1) is 0 Å². The molecular formula is C33H53IO2. The van der Waals surface area contributed by atoms with E-state index in [0.717, 1.165) is 59.2 Å². The number of hydrogen-bond donors (Lipinski definition) is 0. The molecule has 0 aromatic heterocycles. The first-order valence-electron chi connectivity index (χ1n) is 15.3. The van der Waals surface area contributed by atoms with Crippen molar-refractivity contribution in [1.29, 1.82) is 0 Å². The summed E-state index contributed by atoms with van der Waals surface area (Å²) in [6.07, 6.45) is 20.8. The summed E-state index contributed by atoms with van der Waals surface area (Å²) >= 11 is 2.34. The van der Waals surface area contributed by atoms with E-state index < -0.39 is 0 Å². The third kappa shape index (κ3) is 5.53.